The molecule has 1 aliphatic heterocycles. The lowest BCUT2D eigenvalue weighted by Crippen LogP contribution is -2.28. The summed E-state index contributed by atoms with van der Waals surface area (Å²) in [6, 6.07) is 2.42. The van der Waals surface area contributed by atoms with Gasteiger partial charge in [-0.2, -0.15) is 0 Å². The van der Waals surface area contributed by atoms with Gasteiger partial charge in [-0.05, 0) is 43.9 Å². The Kier molecular flexibility index (Phi) is 4.74. The zero-order valence-corrected chi connectivity index (χ0v) is 9.99. The van der Waals surface area contributed by atoms with E-state index in [0.29, 0.717) is 19.1 Å². The third-order valence-electron chi connectivity index (χ3n) is 2.98. The molecule has 0 bridgehead atoms. The van der Waals surface area contributed by atoms with E-state index < -0.39 is 0 Å². The number of rotatable bonds is 6. The molecule has 1 atom stereocenters. The average Bonchev–Trinajstić information content (AvgIpc) is 2.87. The van der Waals surface area contributed by atoms with Crippen LogP contribution in [0.5, 0.6) is 5.75 Å². The summed E-state index contributed by atoms with van der Waals surface area (Å²) in [7, 11) is 0. The third kappa shape index (κ3) is 3.97. The van der Waals surface area contributed by atoms with Crippen LogP contribution in [-0.4, -0.2) is 30.9 Å². The standard InChI is InChI=1S/C13H19FN2O/c14-5-1-3-11-7-13(9-15-8-11)17-10-12-4-2-6-16-12/h7-9,12,16H,1-6,10H2/t12-/m0/s1. The molecule has 1 aliphatic rings. The SMILES string of the molecule is FCCCc1cncc(OC[C@@H]2CCCN2)c1. The molecular weight excluding hydrogens is 219 g/mol. The Bertz CT molecular complexity index is 340. The maximum Gasteiger partial charge on any atom is 0.137 e. The molecule has 0 spiro atoms. The topological polar surface area (TPSA) is 34.1 Å². The van der Waals surface area contributed by atoms with Crippen molar-refractivity contribution in [1.29, 1.82) is 0 Å². The Hall–Kier alpha value is -1.16. The molecule has 4 heteroatoms. The summed E-state index contributed by atoms with van der Waals surface area (Å²) in [4.78, 5) is 4.11. The van der Waals surface area contributed by atoms with Crippen molar-refractivity contribution in [3.8, 4) is 5.75 Å². The quantitative estimate of drug-likeness (QED) is 0.824. The highest BCUT2D eigenvalue weighted by Crippen LogP contribution is 2.14. The Balaban J connectivity index is 1.82. The fourth-order valence-corrected chi connectivity index (χ4v) is 2.05. The molecule has 0 saturated carbocycles. The van der Waals surface area contributed by atoms with Crippen molar-refractivity contribution in [3.63, 3.8) is 0 Å². The molecular formula is C13H19FN2O. The lowest BCUT2D eigenvalue weighted by molar-refractivity contribution is 0.276. The first-order valence-electron chi connectivity index (χ1n) is 6.24. The predicted molar refractivity (Wildman–Crippen MR) is 65.1 cm³/mol. The first-order chi connectivity index (χ1) is 8.38. The van der Waals surface area contributed by atoms with Crippen molar-refractivity contribution in [1.82, 2.24) is 10.3 Å². The van der Waals surface area contributed by atoms with Crippen LogP contribution in [0.25, 0.3) is 0 Å². The molecule has 1 fully saturated rings. The Morgan fingerprint density at radius 2 is 2.41 bits per heavy atom. The minimum absolute atomic E-state index is 0.281. The highest BCUT2D eigenvalue weighted by molar-refractivity contribution is 5.23. The number of halogens is 1. The van der Waals surface area contributed by atoms with Crippen LogP contribution in [0.1, 0.15) is 24.8 Å². The summed E-state index contributed by atoms with van der Waals surface area (Å²) < 4.78 is 17.8. The number of nitrogens with one attached hydrogen (secondary N) is 1. The van der Waals surface area contributed by atoms with Gasteiger partial charge in [-0.25, -0.2) is 0 Å². The predicted octanol–water partition coefficient (Wildman–Crippen LogP) is 2.11. The van der Waals surface area contributed by atoms with Gasteiger partial charge in [0.1, 0.15) is 12.4 Å². The number of aromatic nitrogens is 1. The van der Waals surface area contributed by atoms with E-state index in [9.17, 15) is 4.39 Å². The summed E-state index contributed by atoms with van der Waals surface area (Å²) in [5.74, 6) is 0.787. The van der Waals surface area contributed by atoms with Crippen LogP contribution in [0, 0.1) is 0 Å². The van der Waals surface area contributed by atoms with Crippen LogP contribution < -0.4 is 10.1 Å². The highest BCUT2D eigenvalue weighted by Gasteiger charge is 2.14. The van der Waals surface area contributed by atoms with Crippen LogP contribution in [0.2, 0.25) is 0 Å². The molecule has 3 nitrogen and oxygen atoms in total. The second kappa shape index (κ2) is 6.55. The van der Waals surface area contributed by atoms with E-state index in [1.807, 2.05) is 6.07 Å². The third-order valence-corrected chi connectivity index (χ3v) is 2.98. The van der Waals surface area contributed by atoms with Gasteiger partial charge in [-0.3, -0.25) is 9.37 Å². The van der Waals surface area contributed by atoms with E-state index in [1.165, 1.54) is 12.8 Å². The molecule has 2 heterocycles. The molecule has 1 aromatic rings. The van der Waals surface area contributed by atoms with Gasteiger partial charge in [0.15, 0.2) is 0 Å². The Morgan fingerprint density at radius 1 is 1.47 bits per heavy atom. The van der Waals surface area contributed by atoms with Crippen LogP contribution in [-0.2, 0) is 6.42 Å². The summed E-state index contributed by atoms with van der Waals surface area (Å²) in [5.41, 5.74) is 1.04. The monoisotopic (exact) mass is 238 g/mol. The van der Waals surface area contributed by atoms with E-state index in [0.717, 1.165) is 24.3 Å². The van der Waals surface area contributed by atoms with E-state index in [-0.39, 0.29) is 6.67 Å². The highest BCUT2D eigenvalue weighted by atomic mass is 19.1. The van der Waals surface area contributed by atoms with E-state index in [1.54, 1.807) is 12.4 Å². The van der Waals surface area contributed by atoms with Crippen molar-refractivity contribution < 1.29 is 9.13 Å². The van der Waals surface area contributed by atoms with Crippen molar-refractivity contribution in [3.05, 3.63) is 24.0 Å². The lowest BCUT2D eigenvalue weighted by atomic mass is 10.2. The fraction of sp³-hybridized carbons (Fsp3) is 0.615. The lowest BCUT2D eigenvalue weighted by Gasteiger charge is -2.12. The normalized spacial score (nSPS) is 19.5. The van der Waals surface area contributed by atoms with Crippen molar-refractivity contribution in [2.24, 2.45) is 0 Å². The molecule has 2 rings (SSSR count). The number of pyridine rings is 1. The van der Waals surface area contributed by atoms with Gasteiger partial charge in [-0.15, -0.1) is 0 Å². The maximum absolute atomic E-state index is 12.1. The Labute approximate surface area is 101 Å². The van der Waals surface area contributed by atoms with E-state index >= 15 is 0 Å². The fourth-order valence-electron chi connectivity index (χ4n) is 2.05. The molecule has 1 aromatic heterocycles. The van der Waals surface area contributed by atoms with Crippen LogP contribution >= 0.6 is 0 Å². The maximum atomic E-state index is 12.1. The van der Waals surface area contributed by atoms with Gasteiger partial charge < -0.3 is 10.1 Å². The molecule has 1 saturated heterocycles. The second-order valence-electron chi connectivity index (χ2n) is 4.43. The Morgan fingerprint density at radius 3 is 3.18 bits per heavy atom. The zero-order chi connectivity index (χ0) is 11.9. The van der Waals surface area contributed by atoms with Crippen LogP contribution in [0.4, 0.5) is 4.39 Å². The van der Waals surface area contributed by atoms with Gasteiger partial charge in [0, 0.05) is 12.2 Å². The molecule has 0 radical (unpaired) electrons. The second-order valence-corrected chi connectivity index (χ2v) is 4.43. The molecule has 0 aromatic carbocycles. The van der Waals surface area contributed by atoms with Crippen molar-refractivity contribution in [2.45, 2.75) is 31.7 Å². The molecule has 94 valence electrons. The number of aryl methyl sites for hydroxylation is 1. The number of ether oxygens (including phenoxy) is 1. The molecule has 17 heavy (non-hydrogen) atoms. The minimum Gasteiger partial charge on any atom is -0.490 e. The summed E-state index contributed by atoms with van der Waals surface area (Å²) in [6.07, 6.45) is 7.17. The first-order valence-corrected chi connectivity index (χ1v) is 6.24. The molecule has 1 N–H and O–H groups in total. The smallest absolute Gasteiger partial charge is 0.137 e. The summed E-state index contributed by atoms with van der Waals surface area (Å²) in [6.45, 7) is 1.49. The number of hydrogen-bond donors (Lipinski definition) is 1. The van der Waals surface area contributed by atoms with Gasteiger partial charge >= 0.3 is 0 Å². The van der Waals surface area contributed by atoms with Gasteiger partial charge in [0.2, 0.25) is 0 Å². The molecule has 0 unspecified atom stereocenters. The van der Waals surface area contributed by atoms with Gasteiger partial charge in [0.05, 0.1) is 12.9 Å². The zero-order valence-electron chi connectivity index (χ0n) is 9.99. The number of alkyl halides is 1. The largest absolute Gasteiger partial charge is 0.490 e. The van der Waals surface area contributed by atoms with Gasteiger partial charge in [-0.1, -0.05) is 0 Å². The van der Waals surface area contributed by atoms with Gasteiger partial charge in [0.25, 0.3) is 0 Å². The summed E-state index contributed by atoms with van der Waals surface area (Å²) >= 11 is 0. The summed E-state index contributed by atoms with van der Waals surface area (Å²) in [5, 5.41) is 3.38. The van der Waals surface area contributed by atoms with Crippen molar-refractivity contribution >= 4 is 0 Å². The van der Waals surface area contributed by atoms with Crippen LogP contribution in [0.3, 0.4) is 0 Å². The van der Waals surface area contributed by atoms with E-state index in [2.05, 4.69) is 10.3 Å². The van der Waals surface area contributed by atoms with Crippen molar-refractivity contribution in [2.75, 3.05) is 19.8 Å². The number of hydrogen-bond acceptors (Lipinski definition) is 3. The minimum atomic E-state index is -0.281. The average molecular weight is 238 g/mol. The molecule has 0 aliphatic carbocycles. The first kappa shape index (κ1) is 12.3. The van der Waals surface area contributed by atoms with Crippen LogP contribution in [0.15, 0.2) is 18.5 Å². The number of nitrogens with zero attached hydrogens (tertiary/aromatic N) is 1. The van der Waals surface area contributed by atoms with E-state index in [4.69, 9.17) is 4.74 Å². The molecule has 0 amide bonds.